The minimum Gasteiger partial charge on any atom is -0.309 e. The summed E-state index contributed by atoms with van der Waals surface area (Å²) in [7, 11) is 0. The van der Waals surface area contributed by atoms with Crippen LogP contribution in [-0.4, -0.2) is 27.0 Å². The lowest BCUT2D eigenvalue weighted by atomic mass is 9.91. The number of nitrogens with one attached hydrogen (secondary N) is 2. The number of nitrogens with zero attached hydrogens (tertiary/aromatic N) is 2. The van der Waals surface area contributed by atoms with Crippen molar-refractivity contribution in [3.8, 4) is 22.6 Å². The summed E-state index contributed by atoms with van der Waals surface area (Å²) in [6.07, 6.45) is 0. The van der Waals surface area contributed by atoms with Gasteiger partial charge in [-0.1, -0.05) is 65.7 Å². The Labute approximate surface area is 229 Å². The number of carbonyl (C=O) groups excluding carboxylic acids is 3. The second kappa shape index (κ2) is 9.50. The van der Waals surface area contributed by atoms with Crippen LogP contribution in [0.5, 0.6) is 0 Å². The summed E-state index contributed by atoms with van der Waals surface area (Å²) in [6, 6.07) is 25.7. The molecule has 8 heteroatoms. The Bertz CT molecular complexity index is 1860. The summed E-state index contributed by atoms with van der Waals surface area (Å²) in [6.45, 7) is 5.81. The van der Waals surface area contributed by atoms with Crippen LogP contribution < -0.4 is 16.2 Å². The predicted octanol–water partition coefficient (Wildman–Crippen LogP) is 4.82. The zero-order valence-electron chi connectivity index (χ0n) is 22.2. The highest BCUT2D eigenvalue weighted by atomic mass is 16.2. The molecule has 0 atom stereocenters. The number of aromatic nitrogens is 2. The first-order chi connectivity index (χ1) is 19.2. The summed E-state index contributed by atoms with van der Waals surface area (Å²) in [5.74, 6) is -2.99. The second-order valence-electron chi connectivity index (χ2n) is 10.1. The van der Waals surface area contributed by atoms with E-state index in [1.807, 2.05) is 110 Å². The van der Waals surface area contributed by atoms with E-state index in [0.29, 0.717) is 28.2 Å². The summed E-state index contributed by atoms with van der Waals surface area (Å²) in [4.78, 5) is 53.0. The second-order valence-corrected chi connectivity index (χ2v) is 10.1. The van der Waals surface area contributed by atoms with E-state index in [1.54, 1.807) is 4.57 Å². The number of carbonyl (C=O) groups is 3. The summed E-state index contributed by atoms with van der Waals surface area (Å²) in [5.41, 5.74) is 5.90. The van der Waals surface area contributed by atoms with Gasteiger partial charge >= 0.3 is 6.03 Å². The van der Waals surface area contributed by atoms with Crippen LogP contribution in [0.25, 0.3) is 33.5 Å². The lowest BCUT2D eigenvalue weighted by Gasteiger charge is -2.22. The molecule has 4 amide bonds. The molecule has 0 saturated carbocycles. The first-order valence-electron chi connectivity index (χ1n) is 12.9. The third-order valence-electron chi connectivity index (χ3n) is 7.28. The van der Waals surface area contributed by atoms with E-state index in [1.165, 1.54) is 0 Å². The number of imide groups is 2. The van der Waals surface area contributed by atoms with Crippen LogP contribution >= 0.6 is 0 Å². The van der Waals surface area contributed by atoms with Gasteiger partial charge in [0.15, 0.2) is 0 Å². The number of barbiturate groups is 1. The van der Waals surface area contributed by atoms with Crippen molar-refractivity contribution in [1.29, 1.82) is 0 Å². The number of urea groups is 1. The van der Waals surface area contributed by atoms with Gasteiger partial charge in [0, 0.05) is 22.6 Å². The van der Waals surface area contributed by atoms with E-state index >= 15 is 0 Å². The molecule has 2 aromatic heterocycles. The molecule has 198 valence electrons. The Kier molecular flexibility index (Phi) is 5.95. The van der Waals surface area contributed by atoms with Gasteiger partial charge in [0.1, 0.15) is 5.92 Å². The van der Waals surface area contributed by atoms with Gasteiger partial charge in [0.05, 0.1) is 16.6 Å². The highest BCUT2D eigenvalue weighted by Crippen LogP contribution is 2.40. The highest BCUT2D eigenvalue weighted by molar-refractivity contribution is 6.21. The molecule has 1 aliphatic rings. The molecular formula is C32H26N4O4. The molecule has 3 heterocycles. The molecule has 0 spiro atoms. The Morgan fingerprint density at radius 3 is 1.73 bits per heavy atom. The van der Waals surface area contributed by atoms with Gasteiger partial charge in [-0.15, -0.1) is 0 Å². The van der Waals surface area contributed by atoms with Gasteiger partial charge in [-0.2, -0.15) is 0 Å². The SMILES string of the molecule is Cc1ccc(-n2c(C)cc3c(c(C4C(=O)NC(=O)NC4=O)c(-c4ccccc4)n3-c3ccc(C)cc3)c2=O)cc1. The largest absolute Gasteiger partial charge is 0.328 e. The van der Waals surface area contributed by atoms with Crippen molar-refractivity contribution in [1.82, 2.24) is 19.8 Å². The average molecular weight is 531 g/mol. The van der Waals surface area contributed by atoms with Gasteiger partial charge in [0.25, 0.3) is 5.56 Å². The van der Waals surface area contributed by atoms with Gasteiger partial charge in [-0.3, -0.25) is 29.6 Å². The lowest BCUT2D eigenvalue weighted by Crippen LogP contribution is -2.54. The van der Waals surface area contributed by atoms with Crippen LogP contribution in [0.15, 0.2) is 89.7 Å². The topological polar surface area (TPSA) is 102 Å². The predicted molar refractivity (Wildman–Crippen MR) is 153 cm³/mol. The van der Waals surface area contributed by atoms with E-state index < -0.39 is 23.8 Å². The first-order valence-corrected chi connectivity index (χ1v) is 12.9. The van der Waals surface area contributed by atoms with Crippen LogP contribution in [0.2, 0.25) is 0 Å². The zero-order chi connectivity index (χ0) is 28.1. The van der Waals surface area contributed by atoms with Crippen molar-refractivity contribution >= 4 is 28.7 Å². The molecule has 1 fully saturated rings. The van der Waals surface area contributed by atoms with E-state index in [4.69, 9.17) is 0 Å². The molecule has 0 bridgehead atoms. The maximum Gasteiger partial charge on any atom is 0.328 e. The van der Waals surface area contributed by atoms with Crippen LogP contribution in [0, 0.1) is 20.8 Å². The van der Waals surface area contributed by atoms with Gasteiger partial charge in [0.2, 0.25) is 11.8 Å². The normalized spacial score (nSPS) is 13.9. The Hall–Kier alpha value is -5.24. The molecule has 0 unspecified atom stereocenters. The molecule has 6 rings (SSSR count). The van der Waals surface area contributed by atoms with Crippen molar-refractivity contribution in [3.63, 3.8) is 0 Å². The van der Waals surface area contributed by atoms with Crippen LogP contribution in [-0.2, 0) is 9.59 Å². The van der Waals surface area contributed by atoms with E-state index in [2.05, 4.69) is 10.6 Å². The Balaban J connectivity index is 1.81. The molecular weight excluding hydrogens is 504 g/mol. The number of benzene rings is 3. The van der Waals surface area contributed by atoms with E-state index in [9.17, 15) is 19.2 Å². The fourth-order valence-electron chi connectivity index (χ4n) is 5.42. The molecule has 0 aliphatic carbocycles. The number of fused-ring (bicyclic) bond motifs is 1. The molecule has 2 N–H and O–H groups in total. The summed E-state index contributed by atoms with van der Waals surface area (Å²) >= 11 is 0. The minimum atomic E-state index is -1.43. The Morgan fingerprint density at radius 2 is 1.18 bits per heavy atom. The van der Waals surface area contributed by atoms with Crippen molar-refractivity contribution in [2.24, 2.45) is 0 Å². The van der Waals surface area contributed by atoms with E-state index in [0.717, 1.165) is 16.8 Å². The number of aryl methyl sites for hydroxylation is 3. The van der Waals surface area contributed by atoms with E-state index in [-0.39, 0.29) is 16.5 Å². The third kappa shape index (κ3) is 4.01. The number of hydrogen-bond donors (Lipinski definition) is 2. The molecule has 0 radical (unpaired) electrons. The van der Waals surface area contributed by atoms with Crippen molar-refractivity contribution in [3.05, 3.63) is 118 Å². The van der Waals surface area contributed by atoms with Gasteiger partial charge in [-0.05, 0) is 56.7 Å². The van der Waals surface area contributed by atoms with Crippen LogP contribution in [0.3, 0.4) is 0 Å². The number of pyridine rings is 1. The fraction of sp³-hybridized carbons (Fsp3) is 0.125. The lowest BCUT2D eigenvalue weighted by molar-refractivity contribution is -0.132. The van der Waals surface area contributed by atoms with Gasteiger partial charge in [-0.25, -0.2) is 4.79 Å². The monoisotopic (exact) mass is 530 g/mol. The van der Waals surface area contributed by atoms with Crippen molar-refractivity contribution < 1.29 is 14.4 Å². The fourth-order valence-corrected chi connectivity index (χ4v) is 5.42. The molecule has 1 aliphatic heterocycles. The summed E-state index contributed by atoms with van der Waals surface area (Å²) < 4.78 is 3.51. The average Bonchev–Trinajstić information content (AvgIpc) is 3.24. The quantitative estimate of drug-likeness (QED) is 0.325. The molecule has 40 heavy (non-hydrogen) atoms. The van der Waals surface area contributed by atoms with Crippen LogP contribution in [0.1, 0.15) is 28.3 Å². The Morgan fingerprint density at radius 1 is 0.650 bits per heavy atom. The number of rotatable bonds is 4. The van der Waals surface area contributed by atoms with Crippen molar-refractivity contribution in [2.75, 3.05) is 0 Å². The molecule has 5 aromatic rings. The zero-order valence-corrected chi connectivity index (χ0v) is 22.2. The van der Waals surface area contributed by atoms with Gasteiger partial charge < -0.3 is 4.57 Å². The number of hydrogen-bond acceptors (Lipinski definition) is 4. The highest BCUT2D eigenvalue weighted by Gasteiger charge is 2.41. The minimum absolute atomic E-state index is 0.232. The molecule has 3 aromatic carbocycles. The van der Waals surface area contributed by atoms with Crippen molar-refractivity contribution in [2.45, 2.75) is 26.7 Å². The smallest absolute Gasteiger partial charge is 0.309 e. The third-order valence-corrected chi connectivity index (χ3v) is 7.28. The number of amides is 4. The maximum atomic E-state index is 14.5. The standard InChI is InChI=1S/C32H26N4O4/c1-18-9-13-22(14-10-18)35-20(3)17-24-25(31(35)39)26(27-29(37)33-32(40)34-30(27)38)28(21-7-5-4-6-8-21)36(24)23-15-11-19(2)12-16-23/h4-17,27H,1-3H3,(H2,33,34,37,38,40). The molecule has 1 saturated heterocycles. The molecule has 8 nitrogen and oxygen atoms in total. The first kappa shape index (κ1) is 25.1. The maximum absolute atomic E-state index is 14.5. The van der Waals surface area contributed by atoms with Crippen LogP contribution in [0.4, 0.5) is 4.79 Å². The summed E-state index contributed by atoms with van der Waals surface area (Å²) in [5, 5.41) is 4.66.